The monoisotopic (exact) mass is 363 g/mol. The summed E-state index contributed by atoms with van der Waals surface area (Å²) in [5.74, 6) is 0.818. The third kappa shape index (κ3) is 4.40. The van der Waals surface area contributed by atoms with Gasteiger partial charge in [-0.15, -0.1) is 0 Å². The van der Waals surface area contributed by atoms with Crippen molar-refractivity contribution in [3.63, 3.8) is 0 Å². The number of hydrogen-bond donors (Lipinski definition) is 1. The minimum Gasteiger partial charge on any atom is -0.373 e. The molecule has 3 heterocycles. The molecule has 0 saturated carbocycles. The molecule has 6 heteroatoms. The Kier molecular flexibility index (Phi) is 5.55. The fourth-order valence-electron chi connectivity index (χ4n) is 3.54. The number of ether oxygens (including phenoxy) is 1. The predicted octanol–water partition coefficient (Wildman–Crippen LogP) is 3.12. The molecule has 1 saturated heterocycles. The number of hydrogen-bond acceptors (Lipinski definition) is 6. The molecule has 1 aliphatic heterocycles. The van der Waals surface area contributed by atoms with Crippen LogP contribution in [0.2, 0.25) is 0 Å². The summed E-state index contributed by atoms with van der Waals surface area (Å²) in [5.41, 5.74) is 2.81. The molecule has 2 aromatic heterocycles. The van der Waals surface area contributed by atoms with Crippen LogP contribution in [0.4, 0.5) is 5.82 Å². The standard InChI is InChI=1S/C21H25N5O/c1-2-17(24-20-9-8-18-21(25-20)23-11-10-22-18)19-15-26(12-13-27-19)14-16-6-4-3-5-7-16/h3-11,17,19H,2,12-15H2,1H3,(H,23,24,25). The molecule has 1 fully saturated rings. The third-order valence-corrected chi connectivity index (χ3v) is 4.98. The van der Waals surface area contributed by atoms with Crippen LogP contribution in [0, 0.1) is 0 Å². The Bertz CT molecular complexity index is 873. The summed E-state index contributed by atoms with van der Waals surface area (Å²) in [7, 11) is 0. The Balaban J connectivity index is 1.43. The Morgan fingerprint density at radius 1 is 1.15 bits per heavy atom. The van der Waals surface area contributed by atoms with Gasteiger partial charge in [-0.05, 0) is 24.1 Å². The number of nitrogens with zero attached hydrogens (tertiary/aromatic N) is 4. The number of benzene rings is 1. The second-order valence-electron chi connectivity index (χ2n) is 6.88. The Hall–Kier alpha value is -2.57. The van der Waals surface area contributed by atoms with E-state index in [-0.39, 0.29) is 12.1 Å². The molecule has 0 aliphatic carbocycles. The Morgan fingerprint density at radius 3 is 2.85 bits per heavy atom. The molecule has 4 rings (SSSR count). The molecule has 1 aromatic carbocycles. The number of rotatable bonds is 6. The number of nitrogens with one attached hydrogen (secondary N) is 1. The van der Waals surface area contributed by atoms with Gasteiger partial charge in [-0.2, -0.15) is 0 Å². The largest absolute Gasteiger partial charge is 0.373 e. The van der Waals surface area contributed by atoms with Crippen LogP contribution in [0.5, 0.6) is 0 Å². The van der Waals surface area contributed by atoms with Crippen molar-refractivity contribution in [2.45, 2.75) is 32.0 Å². The second kappa shape index (κ2) is 8.41. The molecule has 140 valence electrons. The molecule has 27 heavy (non-hydrogen) atoms. The molecule has 2 atom stereocenters. The van der Waals surface area contributed by atoms with E-state index < -0.39 is 0 Å². The average Bonchev–Trinajstić information content (AvgIpc) is 2.73. The lowest BCUT2D eigenvalue weighted by atomic mass is 10.1. The maximum Gasteiger partial charge on any atom is 0.180 e. The lowest BCUT2D eigenvalue weighted by Crippen LogP contribution is -2.49. The Labute approximate surface area is 159 Å². The van der Waals surface area contributed by atoms with Crippen LogP contribution in [0.3, 0.4) is 0 Å². The van der Waals surface area contributed by atoms with Crippen molar-refractivity contribution in [2.24, 2.45) is 0 Å². The maximum absolute atomic E-state index is 6.10. The highest BCUT2D eigenvalue weighted by molar-refractivity contribution is 5.71. The molecule has 0 spiro atoms. The van der Waals surface area contributed by atoms with E-state index >= 15 is 0 Å². The molecule has 2 unspecified atom stereocenters. The number of pyridine rings is 1. The molecule has 0 amide bonds. The van der Waals surface area contributed by atoms with Crippen LogP contribution in [0.15, 0.2) is 54.9 Å². The van der Waals surface area contributed by atoms with Gasteiger partial charge in [0.25, 0.3) is 0 Å². The predicted molar refractivity (Wildman–Crippen MR) is 106 cm³/mol. The van der Waals surface area contributed by atoms with Crippen LogP contribution >= 0.6 is 0 Å². The van der Waals surface area contributed by atoms with Crippen LogP contribution in [-0.2, 0) is 11.3 Å². The van der Waals surface area contributed by atoms with Crippen molar-refractivity contribution in [2.75, 3.05) is 25.0 Å². The molecule has 3 aromatic rings. The lowest BCUT2D eigenvalue weighted by Gasteiger charge is -2.37. The van der Waals surface area contributed by atoms with Gasteiger partial charge in [0, 0.05) is 32.0 Å². The van der Waals surface area contributed by atoms with Crippen LogP contribution in [0.25, 0.3) is 11.2 Å². The zero-order valence-electron chi connectivity index (χ0n) is 15.6. The van der Waals surface area contributed by atoms with E-state index in [2.05, 4.69) is 62.4 Å². The van der Waals surface area contributed by atoms with Crippen LogP contribution < -0.4 is 5.32 Å². The first-order valence-electron chi connectivity index (χ1n) is 9.54. The second-order valence-corrected chi connectivity index (χ2v) is 6.88. The summed E-state index contributed by atoms with van der Waals surface area (Å²) in [4.78, 5) is 15.6. The van der Waals surface area contributed by atoms with E-state index in [1.807, 2.05) is 12.1 Å². The third-order valence-electron chi connectivity index (χ3n) is 4.98. The van der Waals surface area contributed by atoms with Crippen molar-refractivity contribution in [3.05, 3.63) is 60.4 Å². The first-order valence-corrected chi connectivity index (χ1v) is 9.54. The van der Waals surface area contributed by atoms with Gasteiger partial charge in [0.05, 0.1) is 18.8 Å². The molecule has 0 bridgehead atoms. The number of morpholine rings is 1. The van der Waals surface area contributed by atoms with Gasteiger partial charge in [0.2, 0.25) is 0 Å². The van der Waals surface area contributed by atoms with Crippen molar-refractivity contribution in [3.8, 4) is 0 Å². The molecule has 1 N–H and O–H groups in total. The summed E-state index contributed by atoms with van der Waals surface area (Å²) >= 11 is 0. The van der Waals surface area contributed by atoms with Gasteiger partial charge in [0.1, 0.15) is 11.3 Å². The minimum atomic E-state index is 0.131. The van der Waals surface area contributed by atoms with Crippen molar-refractivity contribution in [1.29, 1.82) is 0 Å². The normalized spacial score (nSPS) is 19.1. The summed E-state index contributed by atoms with van der Waals surface area (Å²) in [5, 5.41) is 3.54. The minimum absolute atomic E-state index is 0.131. The Morgan fingerprint density at radius 2 is 2.00 bits per heavy atom. The zero-order valence-corrected chi connectivity index (χ0v) is 15.6. The summed E-state index contributed by atoms with van der Waals surface area (Å²) in [6.45, 7) is 5.77. The summed E-state index contributed by atoms with van der Waals surface area (Å²) in [6, 6.07) is 14.7. The summed E-state index contributed by atoms with van der Waals surface area (Å²) < 4.78 is 6.10. The van der Waals surface area contributed by atoms with Gasteiger partial charge in [-0.3, -0.25) is 9.88 Å². The van der Waals surface area contributed by atoms with Crippen molar-refractivity contribution < 1.29 is 4.74 Å². The average molecular weight is 363 g/mol. The van der Waals surface area contributed by atoms with Crippen molar-refractivity contribution >= 4 is 17.0 Å². The molecule has 6 nitrogen and oxygen atoms in total. The molecule has 1 aliphatic rings. The lowest BCUT2D eigenvalue weighted by molar-refractivity contribution is -0.0403. The highest BCUT2D eigenvalue weighted by Crippen LogP contribution is 2.18. The van der Waals surface area contributed by atoms with Crippen molar-refractivity contribution in [1.82, 2.24) is 19.9 Å². The van der Waals surface area contributed by atoms with E-state index in [1.165, 1.54) is 5.56 Å². The highest BCUT2D eigenvalue weighted by Gasteiger charge is 2.27. The molecule has 0 radical (unpaired) electrons. The number of aromatic nitrogens is 3. The smallest absolute Gasteiger partial charge is 0.180 e. The van der Waals surface area contributed by atoms with E-state index in [0.717, 1.165) is 44.0 Å². The fourth-order valence-corrected chi connectivity index (χ4v) is 3.54. The van der Waals surface area contributed by atoms with E-state index in [1.54, 1.807) is 12.4 Å². The van der Waals surface area contributed by atoms with Gasteiger partial charge < -0.3 is 10.1 Å². The van der Waals surface area contributed by atoms with Gasteiger partial charge in [-0.25, -0.2) is 9.97 Å². The highest BCUT2D eigenvalue weighted by atomic mass is 16.5. The quantitative estimate of drug-likeness (QED) is 0.726. The van der Waals surface area contributed by atoms with E-state index in [9.17, 15) is 0 Å². The maximum atomic E-state index is 6.10. The SMILES string of the molecule is CCC(Nc1ccc2nccnc2n1)C1CN(Cc2ccccc2)CCO1. The van der Waals surface area contributed by atoms with Gasteiger partial charge in [0.15, 0.2) is 5.65 Å². The molecular formula is C21H25N5O. The topological polar surface area (TPSA) is 63.2 Å². The number of anilines is 1. The van der Waals surface area contributed by atoms with Crippen LogP contribution in [0.1, 0.15) is 18.9 Å². The van der Waals surface area contributed by atoms with Crippen LogP contribution in [-0.4, -0.2) is 51.7 Å². The zero-order chi connectivity index (χ0) is 18.5. The van der Waals surface area contributed by atoms with E-state index in [0.29, 0.717) is 5.65 Å². The van der Waals surface area contributed by atoms with E-state index in [4.69, 9.17) is 4.74 Å². The number of fused-ring (bicyclic) bond motifs is 1. The first kappa shape index (κ1) is 17.8. The first-order chi connectivity index (χ1) is 13.3. The van der Waals surface area contributed by atoms with Gasteiger partial charge >= 0.3 is 0 Å². The molecular weight excluding hydrogens is 338 g/mol. The fraction of sp³-hybridized carbons (Fsp3) is 0.381. The summed E-state index contributed by atoms with van der Waals surface area (Å²) in [6.07, 6.45) is 4.45. The van der Waals surface area contributed by atoms with Gasteiger partial charge in [-0.1, -0.05) is 37.3 Å².